The van der Waals surface area contributed by atoms with Crippen molar-refractivity contribution in [2.24, 2.45) is 0 Å². The van der Waals surface area contributed by atoms with E-state index in [1.807, 2.05) is 11.9 Å². The summed E-state index contributed by atoms with van der Waals surface area (Å²) in [6.07, 6.45) is -4.27. The summed E-state index contributed by atoms with van der Waals surface area (Å²) in [5, 5.41) is 3.11. The standard InChI is InChI=1S/C12H15F3N2/c1-17(10-6-16-7-10)8-9-4-2-3-5-11(9)12(13,14)15/h2-5,10,16H,6-8H2,1H3. The van der Waals surface area contributed by atoms with E-state index in [-0.39, 0.29) is 0 Å². The van der Waals surface area contributed by atoms with Gasteiger partial charge >= 0.3 is 6.18 Å². The van der Waals surface area contributed by atoms with Gasteiger partial charge in [0.05, 0.1) is 5.56 Å². The van der Waals surface area contributed by atoms with E-state index in [0.717, 1.165) is 19.2 Å². The van der Waals surface area contributed by atoms with Crippen LogP contribution in [0, 0.1) is 0 Å². The molecule has 94 valence electrons. The summed E-state index contributed by atoms with van der Waals surface area (Å²) in [5.41, 5.74) is -0.187. The van der Waals surface area contributed by atoms with Crippen LogP contribution < -0.4 is 5.32 Å². The molecule has 1 aromatic rings. The zero-order valence-electron chi connectivity index (χ0n) is 9.59. The van der Waals surface area contributed by atoms with Crippen molar-refractivity contribution in [2.75, 3.05) is 20.1 Å². The number of halogens is 3. The molecule has 17 heavy (non-hydrogen) atoms. The molecular formula is C12H15F3N2. The van der Waals surface area contributed by atoms with Gasteiger partial charge < -0.3 is 5.32 Å². The molecule has 0 atom stereocenters. The summed E-state index contributed by atoms with van der Waals surface area (Å²) < 4.78 is 38.3. The second-order valence-electron chi connectivity index (χ2n) is 4.38. The minimum Gasteiger partial charge on any atom is -0.314 e. The Bertz CT molecular complexity index is 386. The number of benzene rings is 1. The van der Waals surface area contributed by atoms with Crippen molar-refractivity contribution in [3.05, 3.63) is 35.4 Å². The van der Waals surface area contributed by atoms with Crippen molar-refractivity contribution >= 4 is 0 Å². The maximum absolute atomic E-state index is 12.8. The van der Waals surface area contributed by atoms with E-state index in [1.165, 1.54) is 6.07 Å². The highest BCUT2D eigenvalue weighted by Gasteiger charge is 2.33. The highest BCUT2D eigenvalue weighted by atomic mass is 19.4. The molecular weight excluding hydrogens is 229 g/mol. The van der Waals surface area contributed by atoms with E-state index in [2.05, 4.69) is 5.32 Å². The lowest BCUT2D eigenvalue weighted by atomic mass is 10.0. The highest BCUT2D eigenvalue weighted by Crippen LogP contribution is 2.32. The van der Waals surface area contributed by atoms with Crippen molar-refractivity contribution in [2.45, 2.75) is 18.8 Å². The van der Waals surface area contributed by atoms with Crippen molar-refractivity contribution in [3.63, 3.8) is 0 Å². The Kier molecular flexibility index (Phi) is 3.40. The minimum atomic E-state index is -4.27. The average molecular weight is 244 g/mol. The van der Waals surface area contributed by atoms with Crippen molar-refractivity contribution in [1.82, 2.24) is 10.2 Å². The Balaban J connectivity index is 2.14. The molecule has 2 nitrogen and oxygen atoms in total. The van der Waals surface area contributed by atoms with E-state index >= 15 is 0 Å². The van der Waals surface area contributed by atoms with Gasteiger partial charge in [0.2, 0.25) is 0 Å². The highest BCUT2D eigenvalue weighted by molar-refractivity contribution is 5.29. The van der Waals surface area contributed by atoms with Crippen LogP contribution in [0.15, 0.2) is 24.3 Å². The Morgan fingerprint density at radius 3 is 2.47 bits per heavy atom. The molecule has 0 saturated carbocycles. The van der Waals surface area contributed by atoms with E-state index in [0.29, 0.717) is 18.2 Å². The number of nitrogens with one attached hydrogen (secondary N) is 1. The fourth-order valence-corrected chi connectivity index (χ4v) is 1.92. The van der Waals surface area contributed by atoms with Crippen LogP contribution >= 0.6 is 0 Å². The summed E-state index contributed by atoms with van der Waals surface area (Å²) in [4.78, 5) is 1.96. The average Bonchev–Trinajstić information content (AvgIpc) is 2.13. The molecule has 1 aromatic carbocycles. The Labute approximate surface area is 98.4 Å². The fraction of sp³-hybridized carbons (Fsp3) is 0.500. The maximum Gasteiger partial charge on any atom is 0.416 e. The van der Waals surface area contributed by atoms with E-state index in [9.17, 15) is 13.2 Å². The summed E-state index contributed by atoms with van der Waals surface area (Å²) >= 11 is 0. The first-order chi connectivity index (χ1) is 7.98. The predicted octanol–water partition coefficient (Wildman–Crippen LogP) is 2.11. The van der Waals surface area contributed by atoms with Gasteiger partial charge in [-0.25, -0.2) is 0 Å². The molecule has 1 fully saturated rings. The van der Waals surface area contributed by atoms with Crippen LogP contribution in [0.1, 0.15) is 11.1 Å². The second kappa shape index (κ2) is 4.66. The van der Waals surface area contributed by atoms with Crippen LogP contribution in [-0.4, -0.2) is 31.1 Å². The third-order valence-corrected chi connectivity index (χ3v) is 3.13. The zero-order valence-corrected chi connectivity index (χ0v) is 9.59. The van der Waals surface area contributed by atoms with Crippen molar-refractivity contribution in [1.29, 1.82) is 0 Å². The molecule has 1 aliphatic heterocycles. The molecule has 0 amide bonds. The Hall–Kier alpha value is -1.07. The SMILES string of the molecule is CN(Cc1ccccc1C(F)(F)F)C1CNC1. The van der Waals surface area contributed by atoms with Gasteiger partial charge in [-0.05, 0) is 18.7 Å². The maximum atomic E-state index is 12.8. The number of hydrogen-bond acceptors (Lipinski definition) is 2. The van der Waals surface area contributed by atoms with Gasteiger partial charge in [0.15, 0.2) is 0 Å². The van der Waals surface area contributed by atoms with E-state index in [4.69, 9.17) is 0 Å². The molecule has 1 N–H and O–H groups in total. The zero-order chi connectivity index (χ0) is 12.5. The van der Waals surface area contributed by atoms with Gasteiger partial charge in [-0.2, -0.15) is 13.2 Å². The normalized spacial score (nSPS) is 17.2. The monoisotopic (exact) mass is 244 g/mol. The lowest BCUT2D eigenvalue weighted by Crippen LogP contribution is -2.55. The summed E-state index contributed by atoms with van der Waals surface area (Å²) in [5.74, 6) is 0. The fourth-order valence-electron chi connectivity index (χ4n) is 1.92. The molecule has 5 heteroatoms. The first-order valence-corrected chi connectivity index (χ1v) is 5.54. The molecule has 1 saturated heterocycles. The van der Waals surface area contributed by atoms with Crippen LogP contribution in [0.5, 0.6) is 0 Å². The first kappa shape index (κ1) is 12.4. The predicted molar refractivity (Wildman–Crippen MR) is 59.6 cm³/mol. The van der Waals surface area contributed by atoms with E-state index < -0.39 is 11.7 Å². The van der Waals surface area contributed by atoms with Gasteiger partial charge in [-0.1, -0.05) is 18.2 Å². The van der Waals surface area contributed by atoms with Crippen LogP contribution in [0.25, 0.3) is 0 Å². The van der Waals surface area contributed by atoms with Gasteiger partial charge in [0.25, 0.3) is 0 Å². The van der Waals surface area contributed by atoms with Crippen LogP contribution in [0.2, 0.25) is 0 Å². The number of nitrogens with zero attached hydrogens (tertiary/aromatic N) is 1. The summed E-state index contributed by atoms with van der Waals surface area (Å²) in [6, 6.07) is 6.11. The number of hydrogen-bond donors (Lipinski definition) is 1. The summed E-state index contributed by atoms with van der Waals surface area (Å²) in [6.45, 7) is 2.04. The lowest BCUT2D eigenvalue weighted by molar-refractivity contribution is -0.138. The molecule has 0 bridgehead atoms. The largest absolute Gasteiger partial charge is 0.416 e. The van der Waals surface area contributed by atoms with Gasteiger partial charge in [-0.15, -0.1) is 0 Å². The quantitative estimate of drug-likeness (QED) is 0.876. The molecule has 0 spiro atoms. The molecule has 2 rings (SSSR count). The smallest absolute Gasteiger partial charge is 0.314 e. The van der Waals surface area contributed by atoms with Gasteiger partial charge in [0.1, 0.15) is 0 Å². The summed E-state index contributed by atoms with van der Waals surface area (Å²) in [7, 11) is 1.86. The number of alkyl halides is 3. The third-order valence-electron chi connectivity index (χ3n) is 3.13. The van der Waals surface area contributed by atoms with Crippen LogP contribution in [0.3, 0.4) is 0 Å². The Morgan fingerprint density at radius 1 is 1.29 bits per heavy atom. The van der Waals surface area contributed by atoms with Gasteiger partial charge in [-0.3, -0.25) is 4.90 Å². The van der Waals surface area contributed by atoms with Crippen LogP contribution in [-0.2, 0) is 12.7 Å². The van der Waals surface area contributed by atoms with Crippen molar-refractivity contribution < 1.29 is 13.2 Å². The minimum absolute atomic E-state index is 0.335. The van der Waals surface area contributed by atoms with Crippen molar-refractivity contribution in [3.8, 4) is 0 Å². The van der Waals surface area contributed by atoms with E-state index in [1.54, 1.807) is 12.1 Å². The molecule has 1 heterocycles. The van der Waals surface area contributed by atoms with Crippen LogP contribution in [0.4, 0.5) is 13.2 Å². The number of likely N-dealkylation sites (N-methyl/N-ethyl adjacent to an activating group) is 1. The second-order valence-corrected chi connectivity index (χ2v) is 4.38. The Morgan fingerprint density at radius 2 is 1.94 bits per heavy atom. The molecule has 0 unspecified atom stereocenters. The first-order valence-electron chi connectivity index (χ1n) is 5.54. The lowest BCUT2D eigenvalue weighted by Gasteiger charge is -2.36. The molecule has 0 radical (unpaired) electrons. The topological polar surface area (TPSA) is 15.3 Å². The number of rotatable bonds is 3. The molecule has 1 aliphatic rings. The molecule has 0 aromatic heterocycles. The van der Waals surface area contributed by atoms with Gasteiger partial charge in [0, 0.05) is 25.7 Å². The molecule has 0 aliphatic carbocycles. The third kappa shape index (κ3) is 2.79.